The van der Waals surface area contributed by atoms with Crippen LogP contribution >= 0.6 is 0 Å². The molecule has 5 rings (SSSR count). The summed E-state index contributed by atoms with van der Waals surface area (Å²) in [6.45, 7) is 0. The lowest BCUT2D eigenvalue weighted by atomic mass is 10.1. The average Bonchev–Trinajstić information content (AvgIpc) is 3.47. The Hall–Kier alpha value is -5.64. The third-order valence-corrected chi connectivity index (χ3v) is 7.36. The second-order valence-electron chi connectivity index (χ2n) is 10.3. The zero-order chi connectivity index (χ0) is 31.8. The Morgan fingerprint density at radius 3 is 2.36 bits per heavy atom. The number of nitrogens with zero attached hydrogens (tertiary/aromatic N) is 2. The number of carbonyl (C=O) groups excluding carboxylic acids is 3. The first-order valence-electron chi connectivity index (χ1n) is 14.4. The maximum Gasteiger partial charge on any atom is 0.328 e. The fraction of sp³-hybridized carbons (Fsp3) is 0.200. The highest BCUT2D eigenvalue weighted by atomic mass is 16.5. The molecule has 0 bridgehead atoms. The number of ether oxygens (including phenoxy) is 3. The Balaban J connectivity index is 1.30. The molecule has 230 valence electrons. The van der Waals surface area contributed by atoms with Crippen molar-refractivity contribution in [1.82, 2.24) is 15.1 Å². The van der Waals surface area contributed by atoms with Gasteiger partial charge < -0.3 is 24.8 Å². The largest absolute Gasteiger partial charge is 0.493 e. The summed E-state index contributed by atoms with van der Waals surface area (Å²) in [7, 11) is 4.45. The van der Waals surface area contributed by atoms with E-state index in [0.717, 1.165) is 28.9 Å². The van der Waals surface area contributed by atoms with E-state index in [9.17, 15) is 14.4 Å². The zero-order valence-electron chi connectivity index (χ0n) is 25.3. The molecule has 0 aliphatic carbocycles. The van der Waals surface area contributed by atoms with Crippen LogP contribution in [0.5, 0.6) is 11.5 Å². The summed E-state index contributed by atoms with van der Waals surface area (Å²) in [6.07, 6.45) is 7.79. The number of aromatic nitrogens is 2. The number of hydrogen-bond acceptors (Lipinski definition) is 7. The van der Waals surface area contributed by atoms with Gasteiger partial charge in [0, 0.05) is 28.9 Å². The molecule has 0 unspecified atom stereocenters. The third-order valence-electron chi connectivity index (χ3n) is 7.36. The minimum absolute atomic E-state index is 0.252. The maximum atomic E-state index is 13.3. The van der Waals surface area contributed by atoms with E-state index < -0.39 is 17.9 Å². The summed E-state index contributed by atoms with van der Waals surface area (Å²) in [5.74, 6) is -0.160. The molecule has 2 amide bonds. The molecule has 2 heterocycles. The first-order chi connectivity index (χ1) is 21.9. The number of hydrogen-bond donors (Lipinski definition) is 2. The molecule has 0 saturated heterocycles. The number of rotatable bonds is 10. The minimum atomic E-state index is -0.849. The second-order valence-corrected chi connectivity index (χ2v) is 10.3. The van der Waals surface area contributed by atoms with Gasteiger partial charge in [0.25, 0.3) is 11.8 Å². The number of allylic oxidation sites excluding steroid dienone is 3. The van der Waals surface area contributed by atoms with E-state index in [4.69, 9.17) is 14.2 Å². The number of benzene rings is 3. The molecular formula is C35H34N4O6. The van der Waals surface area contributed by atoms with Crippen molar-refractivity contribution in [3.8, 4) is 11.5 Å². The van der Waals surface area contributed by atoms with E-state index in [1.54, 1.807) is 49.2 Å². The van der Waals surface area contributed by atoms with Crippen molar-refractivity contribution in [2.24, 2.45) is 0 Å². The first kappa shape index (κ1) is 30.8. The highest BCUT2D eigenvalue weighted by Crippen LogP contribution is 2.32. The van der Waals surface area contributed by atoms with Crippen LogP contribution in [0, 0.1) is 0 Å². The molecule has 0 radical (unpaired) electrons. The summed E-state index contributed by atoms with van der Waals surface area (Å²) in [5.41, 5.74) is 4.48. The molecule has 0 fully saturated rings. The molecule has 2 N–H and O–H groups in total. The van der Waals surface area contributed by atoms with E-state index in [2.05, 4.69) is 21.8 Å². The summed E-state index contributed by atoms with van der Waals surface area (Å²) in [4.78, 5) is 38.6. The quantitative estimate of drug-likeness (QED) is 0.242. The molecule has 1 atom stereocenters. The van der Waals surface area contributed by atoms with Crippen LogP contribution in [0.4, 0.5) is 5.69 Å². The van der Waals surface area contributed by atoms with Gasteiger partial charge in [-0.05, 0) is 73.0 Å². The lowest BCUT2D eigenvalue weighted by molar-refractivity contribution is -0.142. The van der Waals surface area contributed by atoms with Gasteiger partial charge in [0.05, 0.1) is 27.0 Å². The molecular weight excluding hydrogens is 572 g/mol. The Morgan fingerprint density at radius 2 is 1.64 bits per heavy atom. The van der Waals surface area contributed by atoms with Crippen LogP contribution < -0.4 is 20.1 Å². The Bertz CT molecular complexity index is 1740. The number of aryl methyl sites for hydroxylation is 1. The average molecular weight is 607 g/mol. The number of nitrogens with one attached hydrogen (secondary N) is 2. The van der Waals surface area contributed by atoms with Gasteiger partial charge in [-0.2, -0.15) is 5.10 Å². The molecule has 3 aromatic carbocycles. The van der Waals surface area contributed by atoms with Crippen molar-refractivity contribution in [3.63, 3.8) is 0 Å². The van der Waals surface area contributed by atoms with Crippen LogP contribution in [-0.2, 0) is 22.4 Å². The van der Waals surface area contributed by atoms with Gasteiger partial charge in [-0.25, -0.2) is 9.48 Å². The minimum Gasteiger partial charge on any atom is -0.493 e. The highest BCUT2D eigenvalue weighted by molar-refractivity contribution is 6.03. The SMILES string of the molecule is COC(=O)[C@H](Cc1ccccc1)NC(=O)c1ccc(NC(=O)c2cc3n(n2)/C(c2ccc(OC)c(OC)c2)=C\C=C/CC3)cc1. The fourth-order valence-electron chi connectivity index (χ4n) is 5.02. The van der Waals surface area contributed by atoms with Crippen molar-refractivity contribution in [2.75, 3.05) is 26.6 Å². The Morgan fingerprint density at radius 1 is 0.889 bits per heavy atom. The first-order valence-corrected chi connectivity index (χ1v) is 14.4. The number of amides is 2. The van der Waals surface area contributed by atoms with Crippen molar-refractivity contribution in [1.29, 1.82) is 0 Å². The predicted molar refractivity (Wildman–Crippen MR) is 170 cm³/mol. The zero-order valence-corrected chi connectivity index (χ0v) is 25.3. The van der Waals surface area contributed by atoms with Gasteiger partial charge >= 0.3 is 5.97 Å². The van der Waals surface area contributed by atoms with Gasteiger partial charge in [-0.3, -0.25) is 9.59 Å². The van der Waals surface area contributed by atoms with Gasteiger partial charge in [0.15, 0.2) is 17.2 Å². The lowest BCUT2D eigenvalue weighted by Gasteiger charge is -2.17. The number of esters is 1. The summed E-state index contributed by atoms with van der Waals surface area (Å²) in [5, 5.41) is 10.3. The number of carbonyl (C=O) groups is 3. The molecule has 0 saturated carbocycles. The van der Waals surface area contributed by atoms with Crippen LogP contribution in [0.15, 0.2) is 97.1 Å². The summed E-state index contributed by atoms with van der Waals surface area (Å²) in [6, 6.07) is 22.3. The fourth-order valence-corrected chi connectivity index (χ4v) is 5.02. The normalized spacial score (nSPS) is 14.8. The van der Waals surface area contributed by atoms with Crippen molar-refractivity contribution < 1.29 is 28.6 Å². The van der Waals surface area contributed by atoms with Crippen LogP contribution in [-0.4, -0.2) is 54.9 Å². The molecule has 45 heavy (non-hydrogen) atoms. The lowest BCUT2D eigenvalue weighted by Crippen LogP contribution is -2.43. The molecule has 10 nitrogen and oxygen atoms in total. The molecule has 10 heteroatoms. The summed E-state index contributed by atoms with van der Waals surface area (Å²) < 4.78 is 17.6. The monoisotopic (exact) mass is 606 g/mol. The van der Waals surface area contributed by atoms with Gasteiger partial charge in [0.2, 0.25) is 0 Å². The Kier molecular flexibility index (Phi) is 9.74. The highest BCUT2D eigenvalue weighted by Gasteiger charge is 2.23. The van der Waals surface area contributed by atoms with E-state index in [1.807, 2.05) is 60.7 Å². The van der Waals surface area contributed by atoms with Crippen LogP contribution in [0.3, 0.4) is 0 Å². The van der Waals surface area contributed by atoms with Gasteiger partial charge in [0.1, 0.15) is 6.04 Å². The molecule has 1 aliphatic heterocycles. The predicted octanol–water partition coefficient (Wildman–Crippen LogP) is 5.06. The molecule has 0 spiro atoms. The number of anilines is 1. The van der Waals surface area contributed by atoms with Crippen molar-refractivity contribution >= 4 is 29.2 Å². The third kappa shape index (κ3) is 7.30. The standard InChI is InChI=1S/C35H34N4O6/c1-43-31-19-16-25(21-32(31)44-2)30-13-9-5-8-12-27-22-28(38-39(27)30)34(41)36-26-17-14-24(15-18-26)33(40)37-29(35(42)45-3)20-23-10-6-4-7-11-23/h4-7,9-11,13-19,21-22,29H,8,12,20H2,1-3H3,(H,36,41)(H,37,40)/b9-5-,30-13-/t29-/m0/s1. The van der Waals surface area contributed by atoms with Crippen LogP contribution in [0.2, 0.25) is 0 Å². The number of fused-ring (bicyclic) bond motifs is 1. The van der Waals surface area contributed by atoms with E-state index in [1.165, 1.54) is 7.11 Å². The molecule has 4 aromatic rings. The maximum absolute atomic E-state index is 13.3. The van der Waals surface area contributed by atoms with Crippen LogP contribution in [0.25, 0.3) is 5.70 Å². The van der Waals surface area contributed by atoms with Gasteiger partial charge in [-0.1, -0.05) is 42.5 Å². The Labute approximate surface area is 261 Å². The van der Waals surface area contributed by atoms with Crippen molar-refractivity contribution in [2.45, 2.75) is 25.3 Å². The number of methoxy groups -OCH3 is 3. The van der Waals surface area contributed by atoms with Crippen molar-refractivity contribution in [3.05, 3.63) is 125 Å². The van der Waals surface area contributed by atoms with E-state index in [0.29, 0.717) is 35.6 Å². The van der Waals surface area contributed by atoms with Crippen LogP contribution in [0.1, 0.15) is 44.1 Å². The molecule has 1 aliphatic rings. The van der Waals surface area contributed by atoms with E-state index >= 15 is 0 Å². The summed E-state index contributed by atoms with van der Waals surface area (Å²) >= 11 is 0. The molecule has 1 aromatic heterocycles. The topological polar surface area (TPSA) is 121 Å². The smallest absolute Gasteiger partial charge is 0.328 e. The van der Waals surface area contributed by atoms with E-state index in [-0.39, 0.29) is 11.6 Å². The second kappa shape index (κ2) is 14.2. The van der Waals surface area contributed by atoms with Gasteiger partial charge in [-0.15, -0.1) is 0 Å².